The zero-order chi connectivity index (χ0) is 14.2. The fourth-order valence-electron chi connectivity index (χ4n) is 2.13. The number of carboxylic acids is 1. The van der Waals surface area contributed by atoms with Gasteiger partial charge in [0, 0.05) is 0 Å². The summed E-state index contributed by atoms with van der Waals surface area (Å²) in [7, 11) is 0. The monoisotopic (exact) mass is 258 g/mol. The first-order chi connectivity index (χ1) is 8.90. The molecule has 0 saturated carbocycles. The first-order valence-corrected chi connectivity index (χ1v) is 6.01. The van der Waals surface area contributed by atoms with Crippen molar-refractivity contribution in [2.24, 2.45) is 0 Å². The van der Waals surface area contributed by atoms with Gasteiger partial charge in [0.05, 0.1) is 5.56 Å². The van der Waals surface area contributed by atoms with E-state index in [1.807, 2.05) is 26.8 Å². The number of halogens is 1. The smallest absolute Gasteiger partial charge is 0.338 e. The summed E-state index contributed by atoms with van der Waals surface area (Å²) in [4.78, 5) is 11.0. The summed E-state index contributed by atoms with van der Waals surface area (Å²) < 4.78 is 13.4. The van der Waals surface area contributed by atoms with Gasteiger partial charge in [0.15, 0.2) is 0 Å². The minimum absolute atomic E-state index is 0.296. The van der Waals surface area contributed by atoms with Crippen molar-refractivity contribution in [3.8, 4) is 11.1 Å². The maximum absolute atomic E-state index is 13.4. The van der Waals surface area contributed by atoms with Crippen molar-refractivity contribution >= 4 is 5.97 Å². The van der Waals surface area contributed by atoms with Gasteiger partial charge < -0.3 is 5.11 Å². The highest BCUT2D eigenvalue weighted by Gasteiger charge is 2.13. The van der Waals surface area contributed by atoms with Gasteiger partial charge in [-0.1, -0.05) is 18.2 Å². The summed E-state index contributed by atoms with van der Waals surface area (Å²) in [5, 5.41) is 8.97. The number of hydrogen-bond donors (Lipinski definition) is 1. The highest BCUT2D eigenvalue weighted by Crippen LogP contribution is 2.28. The van der Waals surface area contributed by atoms with Gasteiger partial charge in [0.1, 0.15) is 5.82 Å². The molecule has 0 spiro atoms. The lowest BCUT2D eigenvalue weighted by Crippen LogP contribution is -2.01. The lowest BCUT2D eigenvalue weighted by molar-refractivity contribution is 0.0692. The number of benzene rings is 2. The van der Waals surface area contributed by atoms with E-state index in [0.717, 1.165) is 22.3 Å². The topological polar surface area (TPSA) is 37.3 Å². The largest absolute Gasteiger partial charge is 0.478 e. The van der Waals surface area contributed by atoms with E-state index in [0.29, 0.717) is 0 Å². The molecule has 0 radical (unpaired) electrons. The fourth-order valence-corrected chi connectivity index (χ4v) is 2.13. The first-order valence-electron chi connectivity index (χ1n) is 6.01. The van der Waals surface area contributed by atoms with Crippen molar-refractivity contribution in [3.05, 3.63) is 58.4 Å². The lowest BCUT2D eigenvalue weighted by Gasteiger charge is -2.11. The summed E-state index contributed by atoms with van der Waals surface area (Å²) in [6.45, 7) is 5.99. The van der Waals surface area contributed by atoms with E-state index < -0.39 is 11.8 Å². The van der Waals surface area contributed by atoms with Crippen molar-refractivity contribution in [1.29, 1.82) is 0 Å². The molecule has 0 amide bonds. The Hall–Kier alpha value is -2.16. The van der Waals surface area contributed by atoms with Gasteiger partial charge in [0.2, 0.25) is 0 Å². The summed E-state index contributed by atoms with van der Waals surface area (Å²) in [5.74, 6) is -1.96. The summed E-state index contributed by atoms with van der Waals surface area (Å²) in [5.41, 5.74) is 4.72. The standard InChI is InChI=1S/C16H15FO2/c1-9-6-11(3)13(7-10(9)2)12-4-5-15(17)14(8-12)16(18)19/h4-8H,1-3H3,(H,18,19). The summed E-state index contributed by atoms with van der Waals surface area (Å²) in [6, 6.07) is 8.25. The number of carbonyl (C=O) groups is 1. The minimum Gasteiger partial charge on any atom is -0.478 e. The molecule has 98 valence electrons. The number of carboxylic acid groups (broad SMARTS) is 1. The van der Waals surface area contributed by atoms with Crippen LogP contribution in [-0.4, -0.2) is 11.1 Å². The van der Waals surface area contributed by atoms with Crippen molar-refractivity contribution in [2.75, 3.05) is 0 Å². The molecule has 2 aromatic carbocycles. The van der Waals surface area contributed by atoms with Crippen LogP contribution < -0.4 is 0 Å². The van der Waals surface area contributed by atoms with E-state index in [-0.39, 0.29) is 5.56 Å². The van der Waals surface area contributed by atoms with Crippen molar-refractivity contribution in [2.45, 2.75) is 20.8 Å². The van der Waals surface area contributed by atoms with Crippen LogP contribution >= 0.6 is 0 Å². The second-order valence-corrected chi connectivity index (χ2v) is 4.75. The van der Waals surface area contributed by atoms with Crippen LogP contribution in [0.5, 0.6) is 0 Å². The van der Waals surface area contributed by atoms with E-state index in [4.69, 9.17) is 5.11 Å². The molecule has 19 heavy (non-hydrogen) atoms. The molecule has 0 fully saturated rings. The van der Waals surface area contributed by atoms with Gasteiger partial charge in [-0.15, -0.1) is 0 Å². The molecule has 0 bridgehead atoms. The fraction of sp³-hybridized carbons (Fsp3) is 0.188. The molecule has 0 aromatic heterocycles. The Labute approximate surface area is 111 Å². The highest BCUT2D eigenvalue weighted by atomic mass is 19.1. The SMILES string of the molecule is Cc1cc(C)c(-c2ccc(F)c(C(=O)O)c2)cc1C. The maximum atomic E-state index is 13.4. The summed E-state index contributed by atoms with van der Waals surface area (Å²) >= 11 is 0. The molecule has 2 rings (SSSR count). The van der Waals surface area contributed by atoms with Crippen LogP contribution in [0.25, 0.3) is 11.1 Å². The summed E-state index contributed by atoms with van der Waals surface area (Å²) in [6.07, 6.45) is 0. The number of rotatable bonds is 2. The Bertz CT molecular complexity index is 660. The van der Waals surface area contributed by atoms with Gasteiger partial charge in [-0.2, -0.15) is 0 Å². The molecule has 3 heteroatoms. The predicted octanol–water partition coefficient (Wildman–Crippen LogP) is 4.12. The van der Waals surface area contributed by atoms with Crippen LogP contribution in [-0.2, 0) is 0 Å². The Morgan fingerprint density at radius 1 is 1.00 bits per heavy atom. The quantitative estimate of drug-likeness (QED) is 0.879. The maximum Gasteiger partial charge on any atom is 0.338 e. The zero-order valence-electron chi connectivity index (χ0n) is 11.1. The number of hydrogen-bond acceptors (Lipinski definition) is 1. The number of aryl methyl sites for hydroxylation is 3. The van der Waals surface area contributed by atoms with Gasteiger partial charge in [-0.25, -0.2) is 9.18 Å². The van der Waals surface area contributed by atoms with Crippen LogP contribution in [0.1, 0.15) is 27.0 Å². The molecule has 2 aromatic rings. The van der Waals surface area contributed by atoms with E-state index in [2.05, 4.69) is 6.07 Å². The van der Waals surface area contributed by atoms with Gasteiger partial charge in [-0.3, -0.25) is 0 Å². The second-order valence-electron chi connectivity index (χ2n) is 4.75. The second kappa shape index (κ2) is 4.84. The molecule has 0 heterocycles. The third kappa shape index (κ3) is 2.50. The third-order valence-electron chi connectivity index (χ3n) is 3.35. The minimum atomic E-state index is -1.25. The molecule has 0 atom stereocenters. The van der Waals surface area contributed by atoms with Gasteiger partial charge >= 0.3 is 5.97 Å². The molecular formula is C16H15FO2. The third-order valence-corrected chi connectivity index (χ3v) is 3.35. The Balaban J connectivity index is 2.63. The Morgan fingerprint density at radius 2 is 1.63 bits per heavy atom. The molecule has 1 N–H and O–H groups in total. The molecular weight excluding hydrogens is 243 g/mol. The number of aromatic carboxylic acids is 1. The average molecular weight is 258 g/mol. The molecule has 2 nitrogen and oxygen atoms in total. The van der Waals surface area contributed by atoms with E-state index >= 15 is 0 Å². The van der Waals surface area contributed by atoms with Crippen LogP contribution in [0.4, 0.5) is 4.39 Å². The predicted molar refractivity (Wildman–Crippen MR) is 73.0 cm³/mol. The van der Waals surface area contributed by atoms with Crippen LogP contribution in [0.2, 0.25) is 0 Å². The van der Waals surface area contributed by atoms with Crippen LogP contribution in [0.15, 0.2) is 30.3 Å². The average Bonchev–Trinajstić information content (AvgIpc) is 2.34. The molecule has 0 unspecified atom stereocenters. The van der Waals surface area contributed by atoms with Crippen molar-refractivity contribution in [1.82, 2.24) is 0 Å². The lowest BCUT2D eigenvalue weighted by atomic mass is 9.94. The van der Waals surface area contributed by atoms with Crippen molar-refractivity contribution < 1.29 is 14.3 Å². The molecule has 0 aliphatic carbocycles. The highest BCUT2D eigenvalue weighted by molar-refractivity contribution is 5.90. The van der Waals surface area contributed by atoms with Crippen LogP contribution in [0.3, 0.4) is 0 Å². The van der Waals surface area contributed by atoms with E-state index in [1.54, 1.807) is 6.07 Å². The van der Waals surface area contributed by atoms with Gasteiger partial charge in [0.25, 0.3) is 0 Å². The Morgan fingerprint density at radius 3 is 2.26 bits per heavy atom. The Kier molecular flexibility index (Phi) is 3.38. The van der Waals surface area contributed by atoms with E-state index in [9.17, 15) is 9.18 Å². The van der Waals surface area contributed by atoms with Crippen molar-refractivity contribution in [3.63, 3.8) is 0 Å². The van der Waals surface area contributed by atoms with E-state index in [1.165, 1.54) is 17.7 Å². The molecule has 0 aliphatic heterocycles. The van der Waals surface area contributed by atoms with Crippen LogP contribution in [0, 0.1) is 26.6 Å². The zero-order valence-corrected chi connectivity index (χ0v) is 11.1. The normalized spacial score (nSPS) is 10.5. The molecule has 0 aliphatic rings. The van der Waals surface area contributed by atoms with Gasteiger partial charge in [-0.05, 0) is 60.7 Å². The first kappa shape index (κ1) is 13.3. The molecule has 0 saturated heterocycles.